The molecule has 2 rings (SSSR count). The van der Waals surface area contributed by atoms with E-state index in [1.165, 1.54) is 0 Å². The molecule has 0 aliphatic carbocycles. The highest BCUT2D eigenvalue weighted by atomic mass is 32.2. The van der Waals surface area contributed by atoms with Crippen molar-refractivity contribution in [3.05, 3.63) is 58.9 Å². The Hall–Kier alpha value is -1.59. The summed E-state index contributed by atoms with van der Waals surface area (Å²) in [4.78, 5) is 0. The van der Waals surface area contributed by atoms with Crippen molar-refractivity contribution in [3.63, 3.8) is 0 Å². The molecule has 0 saturated carbocycles. The fraction of sp³-hybridized carbons (Fsp3) is 0.333. The van der Waals surface area contributed by atoms with Gasteiger partial charge in [-0.25, -0.2) is 13.1 Å². The first-order valence-corrected chi connectivity index (χ1v) is 8.17. The van der Waals surface area contributed by atoms with Crippen molar-refractivity contribution in [1.82, 2.24) is 9.29 Å². The molecule has 0 spiro atoms. The Morgan fingerprint density at radius 3 is 2.35 bits per heavy atom. The summed E-state index contributed by atoms with van der Waals surface area (Å²) in [5, 5.41) is 0. The Balaban J connectivity index is 2.04. The van der Waals surface area contributed by atoms with Gasteiger partial charge in [-0.1, -0.05) is 30.3 Å². The second kappa shape index (κ2) is 5.81. The number of rotatable bonds is 5. The zero-order chi connectivity index (χ0) is 14.8. The molecule has 0 atom stereocenters. The SMILES string of the molecule is Cc1cc(CNS(=O)(=O)Cc2ccccc2)c(C)n1C. The lowest BCUT2D eigenvalue weighted by Gasteiger charge is -2.07. The average molecular weight is 292 g/mol. The highest BCUT2D eigenvalue weighted by molar-refractivity contribution is 7.88. The van der Waals surface area contributed by atoms with E-state index in [2.05, 4.69) is 9.29 Å². The Morgan fingerprint density at radius 1 is 1.15 bits per heavy atom. The van der Waals surface area contributed by atoms with E-state index in [-0.39, 0.29) is 5.75 Å². The van der Waals surface area contributed by atoms with Crippen molar-refractivity contribution in [1.29, 1.82) is 0 Å². The third kappa shape index (κ3) is 3.49. The lowest BCUT2D eigenvalue weighted by Crippen LogP contribution is -2.24. The van der Waals surface area contributed by atoms with Gasteiger partial charge in [-0.15, -0.1) is 0 Å². The summed E-state index contributed by atoms with van der Waals surface area (Å²) >= 11 is 0. The predicted molar refractivity (Wildman–Crippen MR) is 80.8 cm³/mol. The number of nitrogens with zero attached hydrogens (tertiary/aromatic N) is 1. The summed E-state index contributed by atoms with van der Waals surface area (Å²) in [5.41, 5.74) is 4.02. The monoisotopic (exact) mass is 292 g/mol. The largest absolute Gasteiger partial charge is 0.352 e. The van der Waals surface area contributed by atoms with Crippen LogP contribution in [0, 0.1) is 13.8 Å². The Morgan fingerprint density at radius 2 is 1.80 bits per heavy atom. The van der Waals surface area contributed by atoms with E-state index in [0.717, 1.165) is 22.5 Å². The minimum atomic E-state index is -3.31. The molecule has 1 heterocycles. The molecule has 4 nitrogen and oxygen atoms in total. The number of aromatic nitrogens is 1. The molecule has 1 aromatic heterocycles. The van der Waals surface area contributed by atoms with Crippen LogP contribution in [0.2, 0.25) is 0 Å². The van der Waals surface area contributed by atoms with Crippen molar-refractivity contribution in [2.24, 2.45) is 7.05 Å². The molecule has 0 aliphatic heterocycles. The van der Waals surface area contributed by atoms with Crippen LogP contribution in [0.3, 0.4) is 0 Å². The van der Waals surface area contributed by atoms with Crippen LogP contribution in [0.1, 0.15) is 22.5 Å². The first kappa shape index (κ1) is 14.8. The topological polar surface area (TPSA) is 51.1 Å². The molecule has 1 N–H and O–H groups in total. The van der Waals surface area contributed by atoms with E-state index in [9.17, 15) is 8.42 Å². The van der Waals surface area contributed by atoms with Crippen LogP contribution in [0.5, 0.6) is 0 Å². The third-order valence-corrected chi connectivity index (χ3v) is 4.86. The summed E-state index contributed by atoms with van der Waals surface area (Å²) < 4.78 is 28.8. The molecule has 0 amide bonds. The lowest BCUT2D eigenvalue weighted by molar-refractivity contribution is 0.580. The van der Waals surface area contributed by atoms with E-state index < -0.39 is 10.0 Å². The maximum Gasteiger partial charge on any atom is 0.216 e. The van der Waals surface area contributed by atoms with Crippen LogP contribution in [0.25, 0.3) is 0 Å². The Kier molecular flexibility index (Phi) is 4.30. The molecule has 0 fully saturated rings. The third-order valence-electron chi connectivity index (χ3n) is 3.56. The molecule has 0 radical (unpaired) electrons. The molecule has 0 aliphatic rings. The van der Waals surface area contributed by atoms with Gasteiger partial charge < -0.3 is 4.57 Å². The van der Waals surface area contributed by atoms with E-state index in [4.69, 9.17) is 0 Å². The van der Waals surface area contributed by atoms with Crippen LogP contribution in [-0.2, 0) is 29.4 Å². The Bertz CT molecular complexity index is 688. The van der Waals surface area contributed by atoms with Gasteiger partial charge in [0.15, 0.2) is 0 Å². The molecule has 20 heavy (non-hydrogen) atoms. The molecule has 0 saturated heterocycles. The minimum absolute atomic E-state index is 0.0126. The van der Waals surface area contributed by atoms with Crippen LogP contribution in [0.15, 0.2) is 36.4 Å². The maximum atomic E-state index is 12.1. The molecule has 108 valence electrons. The quantitative estimate of drug-likeness (QED) is 0.919. The zero-order valence-electron chi connectivity index (χ0n) is 12.1. The van der Waals surface area contributed by atoms with Gasteiger partial charge >= 0.3 is 0 Å². The van der Waals surface area contributed by atoms with Gasteiger partial charge in [0.1, 0.15) is 0 Å². The predicted octanol–water partition coefficient (Wildman–Crippen LogP) is 2.26. The molecule has 0 bridgehead atoms. The summed E-state index contributed by atoms with van der Waals surface area (Å²) in [6, 6.07) is 11.2. The van der Waals surface area contributed by atoms with Crippen molar-refractivity contribution >= 4 is 10.0 Å². The van der Waals surface area contributed by atoms with Gasteiger partial charge in [-0.3, -0.25) is 0 Å². The number of hydrogen-bond acceptors (Lipinski definition) is 2. The summed E-state index contributed by atoms with van der Waals surface area (Å²) in [6.45, 7) is 4.34. The number of aryl methyl sites for hydroxylation is 1. The highest BCUT2D eigenvalue weighted by Crippen LogP contribution is 2.13. The van der Waals surface area contributed by atoms with Crippen molar-refractivity contribution in [2.45, 2.75) is 26.1 Å². The van der Waals surface area contributed by atoms with Crippen molar-refractivity contribution in [3.8, 4) is 0 Å². The van der Waals surface area contributed by atoms with Gasteiger partial charge in [0.25, 0.3) is 0 Å². The number of sulfonamides is 1. The molecule has 0 unspecified atom stereocenters. The fourth-order valence-corrected chi connectivity index (χ4v) is 3.25. The summed E-state index contributed by atoms with van der Waals surface area (Å²) in [5.74, 6) is 0.0126. The molecular weight excluding hydrogens is 272 g/mol. The second-order valence-corrected chi connectivity index (χ2v) is 6.83. The number of nitrogens with one attached hydrogen (secondary N) is 1. The summed E-state index contributed by atoms with van der Waals surface area (Å²) in [7, 11) is -1.33. The highest BCUT2D eigenvalue weighted by Gasteiger charge is 2.13. The van der Waals surface area contributed by atoms with Gasteiger partial charge in [-0.2, -0.15) is 0 Å². The minimum Gasteiger partial charge on any atom is -0.352 e. The Labute approximate surface area is 120 Å². The molecular formula is C15H20N2O2S. The standard InChI is InChI=1S/C15H20N2O2S/c1-12-9-15(13(2)17(12)3)10-16-20(18,19)11-14-7-5-4-6-8-14/h4-9,16H,10-11H2,1-3H3. The van der Waals surface area contributed by atoms with E-state index in [0.29, 0.717) is 6.54 Å². The van der Waals surface area contributed by atoms with Crippen molar-refractivity contribution in [2.75, 3.05) is 0 Å². The van der Waals surface area contributed by atoms with Crippen LogP contribution < -0.4 is 4.72 Å². The zero-order valence-corrected chi connectivity index (χ0v) is 12.9. The van der Waals surface area contributed by atoms with Gasteiger partial charge in [-0.05, 0) is 31.0 Å². The molecule has 2 aromatic rings. The normalized spacial score (nSPS) is 11.8. The maximum absolute atomic E-state index is 12.1. The van der Waals surface area contributed by atoms with Gasteiger partial charge in [0.05, 0.1) is 5.75 Å². The first-order chi connectivity index (χ1) is 9.39. The molecule has 1 aromatic carbocycles. The number of benzene rings is 1. The number of hydrogen-bond donors (Lipinski definition) is 1. The average Bonchev–Trinajstić information content (AvgIpc) is 2.65. The smallest absolute Gasteiger partial charge is 0.216 e. The van der Waals surface area contributed by atoms with Crippen LogP contribution in [0.4, 0.5) is 0 Å². The van der Waals surface area contributed by atoms with Crippen LogP contribution >= 0.6 is 0 Å². The van der Waals surface area contributed by atoms with E-state index >= 15 is 0 Å². The van der Waals surface area contributed by atoms with Gasteiger partial charge in [0.2, 0.25) is 10.0 Å². The van der Waals surface area contributed by atoms with E-state index in [1.807, 2.05) is 57.3 Å². The van der Waals surface area contributed by atoms with Gasteiger partial charge in [0, 0.05) is 25.0 Å². The molecule has 5 heteroatoms. The second-order valence-electron chi connectivity index (χ2n) is 5.02. The van der Waals surface area contributed by atoms with Crippen LogP contribution in [-0.4, -0.2) is 13.0 Å². The summed E-state index contributed by atoms with van der Waals surface area (Å²) in [6.07, 6.45) is 0. The lowest BCUT2D eigenvalue weighted by atomic mass is 10.2. The fourth-order valence-electron chi connectivity index (χ4n) is 2.14. The van der Waals surface area contributed by atoms with Crippen molar-refractivity contribution < 1.29 is 8.42 Å². The van der Waals surface area contributed by atoms with E-state index in [1.54, 1.807) is 0 Å². The first-order valence-electron chi connectivity index (χ1n) is 6.52.